The number of benzene rings is 2. The van der Waals surface area contributed by atoms with Crippen LogP contribution in [-0.2, 0) is 4.74 Å². The fourth-order valence-corrected chi connectivity index (χ4v) is 2.54. The van der Waals surface area contributed by atoms with Gasteiger partial charge in [0, 0.05) is 23.5 Å². The predicted octanol–water partition coefficient (Wildman–Crippen LogP) is 4.53. The minimum Gasteiger partial charge on any atom is -0.462 e. The number of carbonyl (C=O) groups excluding carboxylic acids is 2. The van der Waals surface area contributed by atoms with E-state index in [-0.39, 0.29) is 29.2 Å². The Hall–Kier alpha value is -3.81. The summed E-state index contributed by atoms with van der Waals surface area (Å²) in [7, 11) is 0. The van der Waals surface area contributed by atoms with E-state index in [9.17, 15) is 18.4 Å². The fourth-order valence-electron chi connectivity index (χ4n) is 2.54. The van der Waals surface area contributed by atoms with Gasteiger partial charge in [-0.2, -0.15) is 0 Å². The van der Waals surface area contributed by atoms with Crippen LogP contribution in [0.2, 0.25) is 0 Å². The van der Waals surface area contributed by atoms with Crippen molar-refractivity contribution in [3.8, 4) is 0 Å². The maximum absolute atomic E-state index is 13.4. The minimum absolute atomic E-state index is 0.213. The van der Waals surface area contributed by atoms with E-state index in [1.807, 2.05) is 0 Å². The van der Waals surface area contributed by atoms with Gasteiger partial charge in [0.1, 0.15) is 5.82 Å². The lowest BCUT2D eigenvalue weighted by molar-refractivity contribution is 0.0527. The van der Waals surface area contributed by atoms with Crippen LogP contribution in [0.4, 0.5) is 26.0 Å². The number of hydrogen-bond acceptors (Lipinski definition) is 5. The summed E-state index contributed by atoms with van der Waals surface area (Å²) >= 11 is 0. The van der Waals surface area contributed by atoms with Crippen LogP contribution in [0.25, 0.3) is 0 Å². The zero-order chi connectivity index (χ0) is 20.8. The van der Waals surface area contributed by atoms with Crippen LogP contribution in [0, 0.1) is 11.6 Å². The van der Waals surface area contributed by atoms with E-state index in [0.29, 0.717) is 5.69 Å². The molecular formula is C21H17F2N3O3. The van der Waals surface area contributed by atoms with E-state index in [4.69, 9.17) is 4.74 Å². The van der Waals surface area contributed by atoms with Gasteiger partial charge in [-0.05, 0) is 43.3 Å². The van der Waals surface area contributed by atoms with Crippen molar-refractivity contribution in [2.45, 2.75) is 6.92 Å². The van der Waals surface area contributed by atoms with E-state index in [1.165, 1.54) is 24.4 Å². The van der Waals surface area contributed by atoms with Gasteiger partial charge in [-0.25, -0.2) is 18.6 Å². The van der Waals surface area contributed by atoms with E-state index < -0.39 is 23.5 Å². The van der Waals surface area contributed by atoms with Crippen molar-refractivity contribution in [2.24, 2.45) is 0 Å². The largest absolute Gasteiger partial charge is 0.462 e. The number of ether oxygens (including phenoxy) is 1. The lowest BCUT2D eigenvalue weighted by Gasteiger charge is -2.11. The van der Waals surface area contributed by atoms with E-state index in [0.717, 1.165) is 12.1 Å². The van der Waals surface area contributed by atoms with Crippen LogP contribution in [0.3, 0.4) is 0 Å². The molecule has 0 saturated carbocycles. The zero-order valence-corrected chi connectivity index (χ0v) is 15.4. The third-order valence-corrected chi connectivity index (χ3v) is 3.88. The second-order valence-electron chi connectivity index (χ2n) is 5.90. The maximum Gasteiger partial charge on any atom is 0.340 e. The number of amides is 1. The van der Waals surface area contributed by atoms with Gasteiger partial charge in [-0.3, -0.25) is 4.79 Å². The summed E-state index contributed by atoms with van der Waals surface area (Å²) in [4.78, 5) is 28.7. The number of anilines is 3. The number of aromatic nitrogens is 1. The van der Waals surface area contributed by atoms with E-state index in [2.05, 4.69) is 15.6 Å². The molecule has 2 aromatic carbocycles. The van der Waals surface area contributed by atoms with Gasteiger partial charge in [0.2, 0.25) is 0 Å². The summed E-state index contributed by atoms with van der Waals surface area (Å²) in [6, 6.07) is 12.7. The quantitative estimate of drug-likeness (QED) is 0.598. The highest BCUT2D eigenvalue weighted by Crippen LogP contribution is 2.20. The van der Waals surface area contributed by atoms with Crippen LogP contribution in [0.5, 0.6) is 0 Å². The molecule has 0 fully saturated rings. The molecule has 0 spiro atoms. The molecule has 0 aliphatic carbocycles. The number of rotatable bonds is 6. The third kappa shape index (κ3) is 4.92. The Kier molecular flexibility index (Phi) is 6.13. The van der Waals surface area contributed by atoms with Gasteiger partial charge in [0.05, 0.1) is 17.9 Å². The maximum atomic E-state index is 13.4. The first kappa shape index (κ1) is 19.9. The molecular weight excluding hydrogens is 380 g/mol. The van der Waals surface area contributed by atoms with Gasteiger partial charge in [0.15, 0.2) is 11.6 Å². The number of nitrogens with zero attached hydrogens (tertiary/aromatic N) is 1. The molecule has 1 aromatic heterocycles. The average molecular weight is 397 g/mol. The van der Waals surface area contributed by atoms with E-state index >= 15 is 0 Å². The van der Waals surface area contributed by atoms with Gasteiger partial charge in [0.25, 0.3) is 5.91 Å². The summed E-state index contributed by atoms with van der Waals surface area (Å²) in [5.74, 6) is -2.71. The molecule has 0 atom stereocenters. The van der Waals surface area contributed by atoms with Crippen molar-refractivity contribution >= 4 is 29.1 Å². The molecule has 0 unspecified atom stereocenters. The topological polar surface area (TPSA) is 80.3 Å². The highest BCUT2D eigenvalue weighted by Gasteiger charge is 2.15. The number of carbonyl (C=O) groups is 2. The smallest absolute Gasteiger partial charge is 0.340 e. The molecule has 0 bridgehead atoms. The summed E-state index contributed by atoms with van der Waals surface area (Å²) in [6.45, 7) is 1.90. The summed E-state index contributed by atoms with van der Waals surface area (Å²) in [5, 5.41) is 5.47. The Morgan fingerprint density at radius 3 is 2.59 bits per heavy atom. The Bertz CT molecular complexity index is 1060. The second-order valence-corrected chi connectivity index (χ2v) is 5.90. The number of nitrogens with one attached hydrogen (secondary N) is 2. The Balaban J connectivity index is 1.78. The average Bonchev–Trinajstić information content (AvgIpc) is 2.71. The monoisotopic (exact) mass is 397 g/mol. The van der Waals surface area contributed by atoms with Gasteiger partial charge in [-0.15, -0.1) is 0 Å². The van der Waals surface area contributed by atoms with Gasteiger partial charge >= 0.3 is 5.97 Å². The molecule has 6 nitrogen and oxygen atoms in total. The molecule has 1 heterocycles. The molecule has 148 valence electrons. The van der Waals surface area contributed by atoms with Crippen molar-refractivity contribution < 1.29 is 23.1 Å². The Morgan fingerprint density at radius 2 is 1.83 bits per heavy atom. The Labute approximate surface area is 165 Å². The molecule has 1 amide bonds. The summed E-state index contributed by atoms with van der Waals surface area (Å²) < 4.78 is 31.4. The molecule has 0 aliphatic rings. The van der Waals surface area contributed by atoms with Crippen molar-refractivity contribution in [1.29, 1.82) is 0 Å². The van der Waals surface area contributed by atoms with Crippen molar-refractivity contribution in [2.75, 3.05) is 17.2 Å². The molecule has 8 heteroatoms. The molecule has 0 radical (unpaired) electrons. The summed E-state index contributed by atoms with van der Waals surface area (Å²) in [6.07, 6.45) is 1.40. The molecule has 29 heavy (non-hydrogen) atoms. The first-order chi connectivity index (χ1) is 14.0. The summed E-state index contributed by atoms with van der Waals surface area (Å²) in [5.41, 5.74) is 1.07. The van der Waals surface area contributed by atoms with Crippen LogP contribution in [0.1, 0.15) is 27.6 Å². The van der Waals surface area contributed by atoms with Crippen molar-refractivity contribution in [3.05, 3.63) is 83.6 Å². The highest BCUT2D eigenvalue weighted by atomic mass is 19.2. The molecule has 0 aliphatic heterocycles. The fraction of sp³-hybridized carbons (Fsp3) is 0.0952. The standard InChI is InChI=1S/C21H17F2N3O3/c1-2-29-21(28)15-5-3-4-6-18(15)26-20(27)13-9-10-24-19(11-13)25-14-7-8-16(22)17(23)12-14/h3-12H,2H2,1H3,(H,24,25)(H,26,27). The zero-order valence-electron chi connectivity index (χ0n) is 15.4. The van der Waals surface area contributed by atoms with Crippen LogP contribution in [0.15, 0.2) is 60.8 Å². The number of halogens is 2. The van der Waals surface area contributed by atoms with Gasteiger partial charge in [-0.1, -0.05) is 12.1 Å². The van der Waals surface area contributed by atoms with Crippen molar-refractivity contribution in [3.63, 3.8) is 0 Å². The van der Waals surface area contributed by atoms with Crippen LogP contribution in [-0.4, -0.2) is 23.5 Å². The lowest BCUT2D eigenvalue weighted by Crippen LogP contribution is -2.16. The van der Waals surface area contributed by atoms with E-state index in [1.54, 1.807) is 31.2 Å². The molecule has 0 saturated heterocycles. The number of esters is 1. The lowest BCUT2D eigenvalue weighted by atomic mass is 10.1. The Morgan fingerprint density at radius 1 is 1.03 bits per heavy atom. The second kappa shape index (κ2) is 8.92. The highest BCUT2D eigenvalue weighted by molar-refractivity contribution is 6.08. The molecule has 3 aromatic rings. The normalized spacial score (nSPS) is 10.3. The SMILES string of the molecule is CCOC(=O)c1ccccc1NC(=O)c1ccnc(Nc2ccc(F)c(F)c2)c1. The molecule has 3 rings (SSSR count). The first-order valence-corrected chi connectivity index (χ1v) is 8.73. The number of para-hydroxylation sites is 1. The van der Waals surface area contributed by atoms with Crippen molar-refractivity contribution in [1.82, 2.24) is 4.98 Å². The van der Waals surface area contributed by atoms with Crippen LogP contribution >= 0.6 is 0 Å². The third-order valence-electron chi connectivity index (χ3n) is 3.88. The number of hydrogen-bond donors (Lipinski definition) is 2. The number of pyridine rings is 1. The first-order valence-electron chi connectivity index (χ1n) is 8.73. The van der Waals surface area contributed by atoms with Gasteiger partial charge < -0.3 is 15.4 Å². The van der Waals surface area contributed by atoms with Crippen LogP contribution < -0.4 is 10.6 Å². The molecule has 2 N–H and O–H groups in total. The predicted molar refractivity (Wildman–Crippen MR) is 104 cm³/mol. The minimum atomic E-state index is -1.00.